The Kier molecular flexibility index (Phi) is 5.87. The number of alkyl carbamates (subject to hydrolysis) is 1. The number of ether oxygens (including phenoxy) is 1. The number of rotatable bonds is 4. The maximum atomic E-state index is 12.9. The van der Waals surface area contributed by atoms with Gasteiger partial charge in [0.1, 0.15) is 10.8 Å². The number of amides is 3. The summed E-state index contributed by atoms with van der Waals surface area (Å²) in [6.45, 7) is 3.54. The van der Waals surface area contributed by atoms with Crippen molar-refractivity contribution < 1.29 is 23.5 Å². The predicted molar refractivity (Wildman–Crippen MR) is 92.4 cm³/mol. The third kappa shape index (κ3) is 4.63. The molecule has 0 bridgehead atoms. The second kappa shape index (κ2) is 7.89. The van der Waals surface area contributed by atoms with Gasteiger partial charge in [0.05, 0.1) is 19.1 Å². The lowest BCUT2D eigenvalue weighted by atomic mass is 10.1. The van der Waals surface area contributed by atoms with Crippen LogP contribution in [-0.2, 0) is 16.0 Å². The lowest BCUT2D eigenvalue weighted by molar-refractivity contribution is -0.115. The topological polar surface area (TPSA) is 84.5 Å². The zero-order valence-electron chi connectivity index (χ0n) is 13.9. The van der Waals surface area contributed by atoms with E-state index in [9.17, 15) is 18.8 Å². The molecule has 0 unspecified atom stereocenters. The SMILES string of the molecule is COC(=O)NC(=O)c1c(NC(=O)Cc2ccc(F)cc2)sc(C)c1C. The molecule has 0 aliphatic carbocycles. The van der Waals surface area contributed by atoms with Gasteiger partial charge in [-0.3, -0.25) is 14.9 Å². The van der Waals surface area contributed by atoms with E-state index in [-0.39, 0.29) is 23.7 Å². The van der Waals surface area contributed by atoms with Crippen LogP contribution in [0.15, 0.2) is 24.3 Å². The highest BCUT2D eigenvalue weighted by Gasteiger charge is 2.22. The molecule has 0 saturated carbocycles. The van der Waals surface area contributed by atoms with Crippen molar-refractivity contribution in [1.82, 2.24) is 5.32 Å². The molecule has 0 aliphatic heterocycles. The highest BCUT2D eigenvalue weighted by Crippen LogP contribution is 2.32. The number of anilines is 1. The summed E-state index contributed by atoms with van der Waals surface area (Å²) in [5.74, 6) is -1.37. The van der Waals surface area contributed by atoms with Gasteiger partial charge < -0.3 is 10.1 Å². The number of thiophene rings is 1. The smallest absolute Gasteiger partial charge is 0.413 e. The zero-order chi connectivity index (χ0) is 18.6. The summed E-state index contributed by atoms with van der Waals surface area (Å²) in [6.07, 6.45) is -0.842. The molecular weight excluding hydrogens is 347 g/mol. The van der Waals surface area contributed by atoms with E-state index < -0.39 is 12.0 Å². The maximum Gasteiger partial charge on any atom is 0.413 e. The zero-order valence-corrected chi connectivity index (χ0v) is 14.8. The van der Waals surface area contributed by atoms with Gasteiger partial charge >= 0.3 is 6.09 Å². The maximum absolute atomic E-state index is 12.9. The molecule has 2 aromatic rings. The fourth-order valence-electron chi connectivity index (χ4n) is 2.15. The Hall–Kier alpha value is -2.74. The van der Waals surface area contributed by atoms with Crippen LogP contribution >= 0.6 is 11.3 Å². The largest absolute Gasteiger partial charge is 0.453 e. The lowest BCUT2D eigenvalue weighted by Crippen LogP contribution is -2.31. The van der Waals surface area contributed by atoms with Crippen LogP contribution in [0.1, 0.15) is 26.4 Å². The van der Waals surface area contributed by atoms with E-state index in [2.05, 4.69) is 15.4 Å². The van der Waals surface area contributed by atoms with Gasteiger partial charge in [0.15, 0.2) is 0 Å². The van der Waals surface area contributed by atoms with Gasteiger partial charge in [0.2, 0.25) is 5.91 Å². The standard InChI is InChI=1S/C17H17FN2O4S/c1-9-10(2)25-16(14(9)15(22)20-17(23)24-3)19-13(21)8-11-4-6-12(18)7-5-11/h4-7H,8H2,1-3H3,(H,19,21)(H,20,22,23). The first-order chi connectivity index (χ1) is 11.8. The summed E-state index contributed by atoms with van der Waals surface area (Å²) in [5.41, 5.74) is 1.54. The molecule has 1 heterocycles. The minimum atomic E-state index is -0.878. The minimum absolute atomic E-state index is 0.0360. The van der Waals surface area contributed by atoms with Gasteiger partial charge in [-0.1, -0.05) is 12.1 Å². The van der Waals surface area contributed by atoms with Crippen molar-refractivity contribution >= 4 is 34.2 Å². The van der Waals surface area contributed by atoms with Crippen molar-refractivity contribution in [2.75, 3.05) is 12.4 Å². The summed E-state index contributed by atoms with van der Waals surface area (Å²) in [5, 5.41) is 5.11. The van der Waals surface area contributed by atoms with Crippen LogP contribution in [0.5, 0.6) is 0 Å². The number of aryl methyl sites for hydroxylation is 1. The molecule has 1 aromatic heterocycles. The van der Waals surface area contributed by atoms with Crippen molar-refractivity contribution in [3.8, 4) is 0 Å². The number of halogens is 1. The van der Waals surface area contributed by atoms with Crippen LogP contribution < -0.4 is 10.6 Å². The number of benzene rings is 1. The van der Waals surface area contributed by atoms with E-state index in [4.69, 9.17) is 0 Å². The van der Waals surface area contributed by atoms with Gasteiger partial charge in [-0.15, -0.1) is 11.3 Å². The fraction of sp³-hybridized carbons (Fsp3) is 0.235. The molecule has 3 amide bonds. The Morgan fingerprint density at radius 2 is 1.80 bits per heavy atom. The molecule has 0 fully saturated rings. The lowest BCUT2D eigenvalue weighted by Gasteiger charge is -2.08. The molecular formula is C17H17FN2O4S. The van der Waals surface area contributed by atoms with Crippen molar-refractivity contribution in [2.45, 2.75) is 20.3 Å². The molecule has 2 N–H and O–H groups in total. The Morgan fingerprint density at radius 3 is 2.40 bits per heavy atom. The normalized spacial score (nSPS) is 10.2. The average molecular weight is 364 g/mol. The molecule has 25 heavy (non-hydrogen) atoms. The van der Waals surface area contributed by atoms with E-state index in [0.717, 1.165) is 12.0 Å². The third-order valence-corrected chi connectivity index (χ3v) is 4.67. The first-order valence-electron chi connectivity index (χ1n) is 7.35. The molecule has 0 aliphatic rings. The van der Waals surface area contributed by atoms with Gasteiger partial charge in [0.25, 0.3) is 5.91 Å². The van der Waals surface area contributed by atoms with Gasteiger partial charge in [-0.05, 0) is 37.1 Å². The van der Waals surface area contributed by atoms with Crippen molar-refractivity contribution in [3.05, 3.63) is 51.7 Å². The number of hydrogen-bond acceptors (Lipinski definition) is 5. The molecule has 6 nitrogen and oxygen atoms in total. The molecule has 1 aromatic carbocycles. The second-order valence-electron chi connectivity index (χ2n) is 5.28. The van der Waals surface area contributed by atoms with E-state index in [1.165, 1.54) is 35.6 Å². The first-order valence-corrected chi connectivity index (χ1v) is 8.17. The number of methoxy groups -OCH3 is 1. The van der Waals surface area contributed by atoms with Crippen LogP contribution in [0.4, 0.5) is 14.2 Å². The molecule has 0 saturated heterocycles. The summed E-state index contributed by atoms with van der Waals surface area (Å²) in [4.78, 5) is 36.6. The van der Waals surface area contributed by atoms with Crippen molar-refractivity contribution in [3.63, 3.8) is 0 Å². The fourth-order valence-corrected chi connectivity index (χ4v) is 3.23. The Bertz CT molecular complexity index is 815. The first kappa shape index (κ1) is 18.6. The van der Waals surface area contributed by atoms with Gasteiger partial charge in [-0.2, -0.15) is 0 Å². The van der Waals surface area contributed by atoms with E-state index in [1.807, 2.05) is 6.92 Å². The quantitative estimate of drug-likeness (QED) is 0.873. The molecule has 0 radical (unpaired) electrons. The molecule has 0 spiro atoms. The Morgan fingerprint density at radius 1 is 1.16 bits per heavy atom. The summed E-state index contributed by atoms with van der Waals surface area (Å²) >= 11 is 1.24. The third-order valence-electron chi connectivity index (χ3n) is 3.54. The number of carbonyl (C=O) groups excluding carboxylic acids is 3. The molecule has 132 valence electrons. The number of imide groups is 1. The van der Waals surface area contributed by atoms with Gasteiger partial charge in [0, 0.05) is 4.88 Å². The molecule has 8 heteroatoms. The summed E-state index contributed by atoms with van der Waals surface area (Å²) in [7, 11) is 1.15. The van der Waals surface area contributed by atoms with Crippen molar-refractivity contribution in [2.24, 2.45) is 0 Å². The summed E-state index contributed by atoms with van der Waals surface area (Å²) in [6, 6.07) is 5.59. The Labute approximate surface area is 148 Å². The second-order valence-corrected chi connectivity index (χ2v) is 6.51. The van der Waals surface area contributed by atoms with E-state index in [0.29, 0.717) is 16.1 Å². The highest BCUT2D eigenvalue weighted by atomic mass is 32.1. The number of carbonyl (C=O) groups is 3. The van der Waals surface area contributed by atoms with E-state index >= 15 is 0 Å². The summed E-state index contributed by atoms with van der Waals surface area (Å²) < 4.78 is 17.3. The predicted octanol–water partition coefficient (Wildman–Crippen LogP) is 3.18. The minimum Gasteiger partial charge on any atom is -0.453 e. The highest BCUT2D eigenvalue weighted by molar-refractivity contribution is 7.16. The number of hydrogen-bond donors (Lipinski definition) is 2. The molecule has 0 atom stereocenters. The van der Waals surface area contributed by atoms with Crippen LogP contribution in [-0.4, -0.2) is 25.0 Å². The van der Waals surface area contributed by atoms with Crippen molar-refractivity contribution in [1.29, 1.82) is 0 Å². The van der Waals surface area contributed by atoms with Crippen LogP contribution in [0.2, 0.25) is 0 Å². The van der Waals surface area contributed by atoms with Crippen LogP contribution in [0, 0.1) is 19.7 Å². The molecule has 2 rings (SSSR count). The van der Waals surface area contributed by atoms with E-state index in [1.54, 1.807) is 6.92 Å². The van der Waals surface area contributed by atoms with Crippen LogP contribution in [0.25, 0.3) is 0 Å². The van der Waals surface area contributed by atoms with Gasteiger partial charge in [-0.25, -0.2) is 9.18 Å². The monoisotopic (exact) mass is 364 g/mol. The van der Waals surface area contributed by atoms with Crippen LogP contribution in [0.3, 0.4) is 0 Å². The number of nitrogens with one attached hydrogen (secondary N) is 2. The average Bonchev–Trinajstić information content (AvgIpc) is 2.83. The Balaban J connectivity index is 2.17.